The summed E-state index contributed by atoms with van der Waals surface area (Å²) in [6.07, 6.45) is 5.14. The number of carbonyl (C=O) groups is 1. The molecule has 0 aromatic heterocycles. The summed E-state index contributed by atoms with van der Waals surface area (Å²) in [5.41, 5.74) is 9.68. The second-order valence-electron chi connectivity index (χ2n) is 7.63. The summed E-state index contributed by atoms with van der Waals surface area (Å²) in [5, 5.41) is 6.21. The van der Waals surface area contributed by atoms with Crippen LogP contribution in [-0.4, -0.2) is 61.0 Å². The van der Waals surface area contributed by atoms with Crippen LogP contribution in [0.1, 0.15) is 28.8 Å². The highest BCUT2D eigenvalue weighted by molar-refractivity contribution is 6.41. The van der Waals surface area contributed by atoms with Crippen molar-refractivity contribution in [3.05, 3.63) is 53.6 Å². The van der Waals surface area contributed by atoms with Gasteiger partial charge in [0.2, 0.25) is 5.96 Å². The van der Waals surface area contributed by atoms with Gasteiger partial charge >= 0.3 is 0 Å². The molecule has 0 unspecified atom stereocenters. The molecule has 0 atom stereocenters. The van der Waals surface area contributed by atoms with E-state index in [1.165, 1.54) is 6.20 Å². The Morgan fingerprint density at radius 3 is 2.84 bits per heavy atom. The number of ether oxygens (including phenoxy) is 1. The monoisotopic (exact) mass is 421 g/mol. The van der Waals surface area contributed by atoms with E-state index in [0.717, 1.165) is 24.1 Å². The van der Waals surface area contributed by atoms with Gasteiger partial charge in [0.25, 0.3) is 5.91 Å². The Hall–Kier alpha value is -3.46. The van der Waals surface area contributed by atoms with E-state index in [0.29, 0.717) is 61.1 Å². The minimum absolute atomic E-state index is 0.0805. The first-order valence-corrected chi connectivity index (χ1v) is 10.4. The minimum atomic E-state index is -0.0805. The lowest BCUT2D eigenvalue weighted by atomic mass is 10.1. The van der Waals surface area contributed by atoms with E-state index in [1.54, 1.807) is 12.3 Å². The van der Waals surface area contributed by atoms with Crippen LogP contribution < -0.4 is 16.4 Å². The highest BCUT2D eigenvalue weighted by Gasteiger charge is 2.24. The van der Waals surface area contributed by atoms with Crippen molar-refractivity contribution >= 4 is 29.5 Å². The van der Waals surface area contributed by atoms with E-state index < -0.39 is 0 Å². The predicted octanol–water partition coefficient (Wildman–Crippen LogP) is 1.78. The van der Waals surface area contributed by atoms with Gasteiger partial charge in [0, 0.05) is 36.6 Å². The SMILES string of the molecule is C=C/N=C1/C=NC(N2CCOCC2)=N/C1=C(/N)Nc1cc(C(=O)NC2CC2)ccc1C. The quantitative estimate of drug-likeness (QED) is 0.670. The highest BCUT2D eigenvalue weighted by atomic mass is 16.5. The Labute approximate surface area is 181 Å². The first kappa shape index (κ1) is 20.8. The average molecular weight is 422 g/mol. The molecule has 0 spiro atoms. The maximum atomic E-state index is 12.4. The summed E-state index contributed by atoms with van der Waals surface area (Å²) in [5.74, 6) is 0.809. The molecule has 1 aliphatic carbocycles. The van der Waals surface area contributed by atoms with Gasteiger partial charge < -0.3 is 26.0 Å². The van der Waals surface area contributed by atoms with Gasteiger partial charge in [-0.2, -0.15) is 0 Å². The molecule has 1 aromatic carbocycles. The fourth-order valence-electron chi connectivity index (χ4n) is 3.27. The maximum absolute atomic E-state index is 12.4. The number of morpholine rings is 1. The molecular weight excluding hydrogens is 394 g/mol. The van der Waals surface area contributed by atoms with Crippen LogP contribution in [-0.2, 0) is 4.74 Å². The van der Waals surface area contributed by atoms with E-state index in [-0.39, 0.29) is 5.91 Å². The summed E-state index contributed by atoms with van der Waals surface area (Å²) in [4.78, 5) is 27.8. The standard InChI is InChI=1S/C22H27N7O2/c1-3-24-18-13-25-22(29-8-10-31-11-9-29)28-19(18)20(23)27-17-12-15(5-4-14(17)2)21(30)26-16-6-7-16/h3-5,12-13,16,27H,1,6-11,23H2,2H3,(H,26,30)/b20-19-,24-18-. The van der Waals surface area contributed by atoms with E-state index in [4.69, 9.17) is 10.5 Å². The Bertz CT molecular complexity index is 999. The van der Waals surface area contributed by atoms with Gasteiger partial charge in [-0.3, -0.25) is 9.79 Å². The second-order valence-corrected chi connectivity index (χ2v) is 7.63. The number of nitrogens with two attached hydrogens (primary N) is 1. The molecule has 0 radical (unpaired) electrons. The smallest absolute Gasteiger partial charge is 0.251 e. The van der Waals surface area contributed by atoms with Gasteiger partial charge in [-0.15, -0.1) is 0 Å². The fraction of sp³-hybridized carbons (Fsp3) is 0.364. The number of nitrogens with zero attached hydrogens (tertiary/aromatic N) is 4. The summed E-state index contributed by atoms with van der Waals surface area (Å²) in [6.45, 7) is 8.29. The molecule has 162 valence electrons. The zero-order valence-electron chi connectivity index (χ0n) is 17.6. The minimum Gasteiger partial charge on any atom is -0.383 e. The molecule has 1 saturated carbocycles. The number of amides is 1. The van der Waals surface area contributed by atoms with E-state index >= 15 is 0 Å². The van der Waals surface area contributed by atoms with E-state index in [9.17, 15) is 4.79 Å². The number of benzene rings is 1. The fourth-order valence-corrected chi connectivity index (χ4v) is 3.27. The maximum Gasteiger partial charge on any atom is 0.251 e. The molecule has 2 heterocycles. The van der Waals surface area contributed by atoms with Crippen LogP contribution in [0, 0.1) is 6.92 Å². The van der Waals surface area contributed by atoms with Crippen molar-refractivity contribution in [3.63, 3.8) is 0 Å². The third kappa shape index (κ3) is 5.00. The number of anilines is 1. The van der Waals surface area contributed by atoms with Crippen molar-refractivity contribution < 1.29 is 9.53 Å². The first-order chi connectivity index (χ1) is 15.0. The molecule has 9 nitrogen and oxygen atoms in total. The van der Waals surface area contributed by atoms with Crippen molar-refractivity contribution in [2.24, 2.45) is 20.7 Å². The Balaban J connectivity index is 1.62. The molecule has 4 rings (SSSR count). The predicted molar refractivity (Wildman–Crippen MR) is 122 cm³/mol. The van der Waals surface area contributed by atoms with Gasteiger partial charge in [-0.25, -0.2) is 9.98 Å². The van der Waals surface area contributed by atoms with Crippen LogP contribution in [0.15, 0.2) is 57.5 Å². The molecule has 9 heteroatoms. The normalized spacial score (nSPS) is 21.5. The number of nitrogens with one attached hydrogen (secondary N) is 2. The van der Waals surface area contributed by atoms with Gasteiger partial charge in [0.05, 0.1) is 19.4 Å². The number of rotatable bonds is 5. The number of allylic oxidation sites excluding steroid dienone is 1. The lowest BCUT2D eigenvalue weighted by molar-refractivity contribution is 0.0676. The van der Waals surface area contributed by atoms with Gasteiger partial charge in [0.15, 0.2) is 0 Å². The molecule has 1 saturated heterocycles. The Morgan fingerprint density at radius 1 is 1.35 bits per heavy atom. The van der Waals surface area contributed by atoms with Crippen molar-refractivity contribution in [1.82, 2.24) is 10.2 Å². The number of aryl methyl sites for hydroxylation is 1. The molecule has 1 aromatic rings. The molecule has 3 aliphatic rings. The second kappa shape index (κ2) is 9.13. The molecule has 4 N–H and O–H groups in total. The lowest BCUT2D eigenvalue weighted by Gasteiger charge is -2.29. The molecule has 2 fully saturated rings. The van der Waals surface area contributed by atoms with Crippen LogP contribution in [0.4, 0.5) is 5.69 Å². The Morgan fingerprint density at radius 2 is 2.13 bits per heavy atom. The summed E-state index contributed by atoms with van der Waals surface area (Å²) in [7, 11) is 0. The third-order valence-electron chi connectivity index (χ3n) is 5.22. The molecular formula is C22H27N7O2. The topological polar surface area (TPSA) is 117 Å². The summed E-state index contributed by atoms with van der Waals surface area (Å²) < 4.78 is 5.41. The van der Waals surface area contributed by atoms with Crippen molar-refractivity contribution in [3.8, 4) is 0 Å². The number of aliphatic imine (C=N–C) groups is 3. The first-order valence-electron chi connectivity index (χ1n) is 10.4. The van der Waals surface area contributed by atoms with Crippen LogP contribution >= 0.6 is 0 Å². The largest absolute Gasteiger partial charge is 0.383 e. The van der Waals surface area contributed by atoms with Crippen molar-refractivity contribution in [2.75, 3.05) is 31.6 Å². The van der Waals surface area contributed by atoms with E-state index in [2.05, 4.69) is 32.2 Å². The van der Waals surface area contributed by atoms with E-state index in [1.807, 2.05) is 24.0 Å². The van der Waals surface area contributed by atoms with Gasteiger partial charge in [-0.1, -0.05) is 12.6 Å². The van der Waals surface area contributed by atoms with Gasteiger partial charge in [0.1, 0.15) is 17.2 Å². The van der Waals surface area contributed by atoms with Crippen LogP contribution in [0.5, 0.6) is 0 Å². The highest BCUT2D eigenvalue weighted by Crippen LogP contribution is 2.23. The molecule has 1 amide bonds. The average Bonchev–Trinajstić information content (AvgIpc) is 3.60. The summed E-state index contributed by atoms with van der Waals surface area (Å²) in [6, 6.07) is 5.80. The number of carbonyl (C=O) groups excluding carboxylic acids is 1. The third-order valence-corrected chi connectivity index (χ3v) is 5.22. The van der Waals surface area contributed by atoms with Gasteiger partial charge in [-0.05, 0) is 37.5 Å². The van der Waals surface area contributed by atoms with Crippen LogP contribution in [0.3, 0.4) is 0 Å². The number of hydrogen-bond donors (Lipinski definition) is 3. The molecule has 2 aliphatic heterocycles. The number of hydrogen-bond acceptors (Lipinski definition) is 8. The molecule has 0 bridgehead atoms. The van der Waals surface area contributed by atoms with Crippen molar-refractivity contribution in [1.29, 1.82) is 0 Å². The lowest BCUT2D eigenvalue weighted by Crippen LogP contribution is -2.41. The van der Waals surface area contributed by atoms with Crippen LogP contribution in [0.2, 0.25) is 0 Å². The van der Waals surface area contributed by atoms with Crippen molar-refractivity contribution in [2.45, 2.75) is 25.8 Å². The Kier molecular flexibility index (Phi) is 6.13. The van der Waals surface area contributed by atoms with Crippen LogP contribution in [0.25, 0.3) is 0 Å². The zero-order valence-corrected chi connectivity index (χ0v) is 17.6. The zero-order chi connectivity index (χ0) is 21.8. The molecule has 31 heavy (non-hydrogen) atoms. The number of guanidine groups is 1. The summed E-state index contributed by atoms with van der Waals surface area (Å²) >= 11 is 0.